The summed E-state index contributed by atoms with van der Waals surface area (Å²) in [7, 11) is 3.46. The Morgan fingerprint density at radius 2 is 1.42 bits per heavy atom. The van der Waals surface area contributed by atoms with E-state index >= 15 is 0 Å². The smallest absolute Gasteiger partial charge is 0.124 e. The molecule has 0 aliphatic carbocycles. The lowest BCUT2D eigenvalue weighted by molar-refractivity contribution is 0.109. The Kier molecular flexibility index (Phi) is 8.32. The summed E-state index contributed by atoms with van der Waals surface area (Å²) in [6.07, 6.45) is 0. The fourth-order valence-electron chi connectivity index (χ4n) is 2.46. The van der Waals surface area contributed by atoms with Gasteiger partial charge in [-0.2, -0.15) is 0 Å². The molecule has 0 aliphatic heterocycles. The van der Waals surface area contributed by atoms with Crippen LogP contribution < -0.4 is 4.74 Å². The van der Waals surface area contributed by atoms with Gasteiger partial charge in [-0.15, -0.1) is 0 Å². The predicted molar refractivity (Wildman–Crippen MR) is 96.2 cm³/mol. The van der Waals surface area contributed by atoms with E-state index in [1.54, 1.807) is 14.2 Å². The van der Waals surface area contributed by atoms with Gasteiger partial charge in [-0.25, -0.2) is 0 Å². The molecule has 0 heterocycles. The van der Waals surface area contributed by atoms with Gasteiger partial charge < -0.3 is 14.2 Å². The van der Waals surface area contributed by atoms with Crippen LogP contribution in [-0.2, 0) is 22.6 Å². The summed E-state index contributed by atoms with van der Waals surface area (Å²) < 4.78 is 16.5. The van der Waals surface area contributed by atoms with E-state index in [-0.39, 0.29) is 0 Å². The van der Waals surface area contributed by atoms with Crippen LogP contribution in [0.15, 0.2) is 54.6 Å². The number of nitrogens with zero attached hydrogens (tertiary/aromatic N) is 1. The minimum atomic E-state index is 0.577. The molecule has 2 rings (SSSR count). The van der Waals surface area contributed by atoms with Gasteiger partial charge in [0.25, 0.3) is 0 Å². The number of hydrogen-bond donors (Lipinski definition) is 0. The molecule has 0 atom stereocenters. The van der Waals surface area contributed by atoms with Gasteiger partial charge in [0.15, 0.2) is 0 Å². The summed E-state index contributed by atoms with van der Waals surface area (Å²) in [6, 6.07) is 18.4. The Hall–Kier alpha value is -1.88. The minimum absolute atomic E-state index is 0.577. The van der Waals surface area contributed by atoms with Gasteiger partial charge >= 0.3 is 0 Å². The van der Waals surface area contributed by atoms with Crippen molar-refractivity contribution in [2.45, 2.75) is 13.2 Å². The minimum Gasteiger partial charge on any atom is -0.489 e. The molecule has 0 spiro atoms. The number of rotatable bonds is 11. The lowest BCUT2D eigenvalue weighted by Crippen LogP contribution is -2.30. The van der Waals surface area contributed by atoms with Crippen LogP contribution in [0, 0.1) is 0 Å². The van der Waals surface area contributed by atoms with Gasteiger partial charge in [0.2, 0.25) is 0 Å². The van der Waals surface area contributed by atoms with Crippen LogP contribution in [0.3, 0.4) is 0 Å². The zero-order valence-electron chi connectivity index (χ0n) is 14.6. The van der Waals surface area contributed by atoms with Crippen molar-refractivity contribution in [3.8, 4) is 5.75 Å². The number of methoxy groups -OCH3 is 2. The monoisotopic (exact) mass is 329 g/mol. The van der Waals surface area contributed by atoms with Crippen molar-refractivity contribution in [3.05, 3.63) is 65.7 Å². The molecule has 0 saturated heterocycles. The normalized spacial score (nSPS) is 11.0. The molecule has 0 N–H and O–H groups in total. The summed E-state index contributed by atoms with van der Waals surface area (Å²) in [5.74, 6) is 0.932. The van der Waals surface area contributed by atoms with E-state index in [4.69, 9.17) is 14.2 Å². The molecule has 24 heavy (non-hydrogen) atoms. The molecule has 4 nitrogen and oxygen atoms in total. The molecule has 4 heteroatoms. The first kappa shape index (κ1) is 18.5. The Morgan fingerprint density at radius 3 is 2.08 bits per heavy atom. The van der Waals surface area contributed by atoms with Crippen molar-refractivity contribution in [2.24, 2.45) is 0 Å². The highest BCUT2D eigenvalue weighted by molar-refractivity contribution is 5.33. The molecule has 130 valence electrons. The number of para-hydroxylation sites is 1. The second-order valence-corrected chi connectivity index (χ2v) is 5.64. The predicted octanol–water partition coefficient (Wildman–Crippen LogP) is 3.36. The van der Waals surface area contributed by atoms with Crippen molar-refractivity contribution in [2.75, 3.05) is 40.5 Å². The zero-order chi connectivity index (χ0) is 17.0. The van der Waals surface area contributed by atoms with Gasteiger partial charge in [-0.3, -0.25) is 4.90 Å². The van der Waals surface area contributed by atoms with E-state index in [0.717, 1.165) is 25.4 Å². The average Bonchev–Trinajstić information content (AvgIpc) is 2.64. The fourth-order valence-corrected chi connectivity index (χ4v) is 2.46. The van der Waals surface area contributed by atoms with Crippen LogP contribution in [0.25, 0.3) is 0 Å². The highest BCUT2D eigenvalue weighted by Crippen LogP contribution is 2.21. The maximum absolute atomic E-state index is 6.04. The van der Waals surface area contributed by atoms with E-state index in [2.05, 4.69) is 29.2 Å². The lowest BCUT2D eigenvalue weighted by Gasteiger charge is -2.23. The van der Waals surface area contributed by atoms with Crippen LogP contribution in [0.2, 0.25) is 0 Å². The van der Waals surface area contributed by atoms with Crippen LogP contribution in [-0.4, -0.2) is 45.4 Å². The molecule has 0 saturated carbocycles. The number of benzene rings is 2. The maximum Gasteiger partial charge on any atom is 0.124 e. The van der Waals surface area contributed by atoms with Crippen LogP contribution in [0.4, 0.5) is 0 Å². The van der Waals surface area contributed by atoms with Crippen molar-refractivity contribution >= 4 is 0 Å². The highest BCUT2D eigenvalue weighted by atomic mass is 16.5. The van der Waals surface area contributed by atoms with Crippen molar-refractivity contribution in [3.63, 3.8) is 0 Å². The summed E-state index contributed by atoms with van der Waals surface area (Å²) in [5.41, 5.74) is 2.35. The molecule has 0 fully saturated rings. The second-order valence-electron chi connectivity index (χ2n) is 5.64. The lowest BCUT2D eigenvalue weighted by atomic mass is 10.2. The Morgan fingerprint density at radius 1 is 0.792 bits per heavy atom. The van der Waals surface area contributed by atoms with Crippen molar-refractivity contribution < 1.29 is 14.2 Å². The third kappa shape index (κ3) is 6.32. The summed E-state index contributed by atoms with van der Waals surface area (Å²) in [4.78, 5) is 2.32. The topological polar surface area (TPSA) is 30.9 Å². The van der Waals surface area contributed by atoms with Gasteiger partial charge in [0.1, 0.15) is 12.4 Å². The van der Waals surface area contributed by atoms with Crippen LogP contribution in [0.5, 0.6) is 5.75 Å². The van der Waals surface area contributed by atoms with Gasteiger partial charge in [0, 0.05) is 39.4 Å². The standard InChI is InChI=1S/C20H27NO3/c1-22-14-12-21(13-15-23-2)16-19-10-6-7-11-20(19)24-17-18-8-4-3-5-9-18/h3-11H,12-17H2,1-2H3. The number of ether oxygens (including phenoxy) is 3. The first-order valence-electron chi connectivity index (χ1n) is 8.28. The molecule has 0 amide bonds. The third-order valence-electron chi connectivity index (χ3n) is 3.83. The molecular formula is C20H27NO3. The molecule has 0 unspecified atom stereocenters. The van der Waals surface area contributed by atoms with Gasteiger partial charge in [-0.05, 0) is 11.6 Å². The summed E-state index contributed by atoms with van der Waals surface area (Å²) >= 11 is 0. The highest BCUT2D eigenvalue weighted by Gasteiger charge is 2.10. The maximum atomic E-state index is 6.04. The largest absolute Gasteiger partial charge is 0.489 e. The van der Waals surface area contributed by atoms with Crippen LogP contribution in [0.1, 0.15) is 11.1 Å². The first-order chi connectivity index (χ1) is 11.8. The molecule has 0 bridgehead atoms. The fraction of sp³-hybridized carbons (Fsp3) is 0.400. The average molecular weight is 329 g/mol. The Bertz CT molecular complexity index is 566. The Labute approximate surface area is 145 Å². The van der Waals surface area contributed by atoms with Crippen molar-refractivity contribution in [1.29, 1.82) is 0 Å². The summed E-state index contributed by atoms with van der Waals surface area (Å²) in [6.45, 7) is 4.54. The van der Waals surface area contributed by atoms with Crippen LogP contribution >= 0.6 is 0 Å². The van der Waals surface area contributed by atoms with E-state index < -0.39 is 0 Å². The van der Waals surface area contributed by atoms with Gasteiger partial charge in [-0.1, -0.05) is 48.5 Å². The molecule has 2 aromatic rings. The number of hydrogen-bond acceptors (Lipinski definition) is 4. The second kappa shape index (κ2) is 10.8. The zero-order valence-corrected chi connectivity index (χ0v) is 14.6. The van der Waals surface area contributed by atoms with E-state index in [0.29, 0.717) is 19.8 Å². The van der Waals surface area contributed by atoms with E-state index in [1.807, 2.05) is 30.3 Å². The Balaban J connectivity index is 2.00. The summed E-state index contributed by atoms with van der Waals surface area (Å²) in [5, 5.41) is 0. The quantitative estimate of drug-likeness (QED) is 0.632. The molecule has 0 radical (unpaired) electrons. The van der Waals surface area contributed by atoms with Gasteiger partial charge in [0.05, 0.1) is 13.2 Å². The molecule has 0 aromatic heterocycles. The third-order valence-corrected chi connectivity index (χ3v) is 3.83. The SMILES string of the molecule is COCCN(CCOC)Cc1ccccc1OCc1ccccc1. The molecule has 0 aliphatic rings. The van der Waals surface area contributed by atoms with E-state index in [1.165, 1.54) is 11.1 Å². The van der Waals surface area contributed by atoms with E-state index in [9.17, 15) is 0 Å². The molecular weight excluding hydrogens is 302 g/mol. The molecule has 2 aromatic carbocycles. The van der Waals surface area contributed by atoms with Crippen molar-refractivity contribution in [1.82, 2.24) is 4.90 Å². The first-order valence-corrected chi connectivity index (χ1v) is 8.28.